The maximum atomic E-state index is 8.89. The summed E-state index contributed by atoms with van der Waals surface area (Å²) in [6.45, 7) is 0. The van der Waals surface area contributed by atoms with E-state index in [1.54, 1.807) is 11.8 Å². The number of nitrogen functional groups attached to an aromatic ring is 1. The van der Waals surface area contributed by atoms with Crippen LogP contribution in [0.1, 0.15) is 5.56 Å². The van der Waals surface area contributed by atoms with Crippen molar-refractivity contribution in [2.75, 3.05) is 12.0 Å². The van der Waals surface area contributed by atoms with E-state index in [0.717, 1.165) is 20.7 Å². The van der Waals surface area contributed by atoms with Crippen molar-refractivity contribution < 1.29 is 0 Å². The van der Waals surface area contributed by atoms with E-state index >= 15 is 0 Å². The van der Waals surface area contributed by atoms with Gasteiger partial charge in [0.25, 0.3) is 0 Å². The molecule has 2 nitrogen and oxygen atoms in total. The van der Waals surface area contributed by atoms with Crippen LogP contribution in [0.15, 0.2) is 22.4 Å². The molecule has 0 aliphatic carbocycles. The molecule has 0 bridgehead atoms. The second kappa shape index (κ2) is 3.52. The average molecular weight is 220 g/mol. The Kier molecular flexibility index (Phi) is 2.36. The molecule has 0 atom stereocenters. The lowest BCUT2D eigenvalue weighted by molar-refractivity contribution is 1.50. The highest BCUT2D eigenvalue weighted by molar-refractivity contribution is 7.98. The minimum Gasteiger partial charge on any atom is -0.398 e. The molecular weight excluding hydrogens is 212 g/mol. The third-order valence-electron chi connectivity index (χ3n) is 2.03. The first-order chi connectivity index (χ1) is 6.76. The fraction of sp³-hybridized carbons (Fsp3) is 0.100. The molecule has 1 aromatic heterocycles. The van der Waals surface area contributed by atoms with Crippen LogP contribution in [0.2, 0.25) is 0 Å². The summed E-state index contributed by atoms with van der Waals surface area (Å²) in [7, 11) is 0. The lowest BCUT2D eigenvalue weighted by Gasteiger charge is -2.00. The number of nitrogens with two attached hydrogens (primary N) is 1. The summed E-state index contributed by atoms with van der Waals surface area (Å²) in [4.78, 5) is 1.10. The normalized spacial score (nSPS) is 10.3. The van der Waals surface area contributed by atoms with Crippen LogP contribution < -0.4 is 5.73 Å². The monoisotopic (exact) mass is 220 g/mol. The number of thioether (sulfide) groups is 1. The molecule has 2 aromatic rings. The van der Waals surface area contributed by atoms with E-state index in [4.69, 9.17) is 11.0 Å². The van der Waals surface area contributed by atoms with Crippen molar-refractivity contribution in [3.8, 4) is 6.07 Å². The van der Waals surface area contributed by atoms with Gasteiger partial charge in [-0.15, -0.1) is 23.1 Å². The number of fused-ring (bicyclic) bond motifs is 1. The van der Waals surface area contributed by atoms with E-state index in [1.807, 2.05) is 23.8 Å². The predicted molar refractivity (Wildman–Crippen MR) is 62.7 cm³/mol. The number of benzene rings is 1. The van der Waals surface area contributed by atoms with Crippen LogP contribution in [0.3, 0.4) is 0 Å². The molecule has 4 heteroatoms. The zero-order valence-electron chi connectivity index (χ0n) is 7.57. The predicted octanol–water partition coefficient (Wildman–Crippen LogP) is 3.08. The molecule has 0 saturated carbocycles. The summed E-state index contributed by atoms with van der Waals surface area (Å²) in [5.74, 6) is 0. The molecule has 0 aliphatic heterocycles. The van der Waals surface area contributed by atoms with Crippen LogP contribution in [-0.4, -0.2) is 6.26 Å². The highest BCUT2D eigenvalue weighted by Gasteiger charge is 2.07. The highest BCUT2D eigenvalue weighted by Crippen LogP contribution is 2.34. The van der Waals surface area contributed by atoms with Crippen LogP contribution in [0.25, 0.3) is 10.1 Å². The average Bonchev–Trinajstić information content (AvgIpc) is 2.61. The van der Waals surface area contributed by atoms with Crippen molar-refractivity contribution in [1.82, 2.24) is 0 Å². The summed E-state index contributed by atoms with van der Waals surface area (Å²) >= 11 is 3.16. The molecule has 14 heavy (non-hydrogen) atoms. The highest BCUT2D eigenvalue weighted by atomic mass is 32.2. The number of nitriles is 1. The molecule has 2 rings (SSSR count). The third-order valence-corrected chi connectivity index (χ3v) is 3.78. The molecule has 0 spiro atoms. The van der Waals surface area contributed by atoms with Crippen molar-refractivity contribution in [3.05, 3.63) is 23.1 Å². The summed E-state index contributed by atoms with van der Waals surface area (Å²) in [5.41, 5.74) is 7.37. The van der Waals surface area contributed by atoms with Gasteiger partial charge in [-0.05, 0) is 18.4 Å². The Hall–Kier alpha value is -1.18. The van der Waals surface area contributed by atoms with Crippen molar-refractivity contribution >= 4 is 38.9 Å². The Balaban J connectivity index is 2.82. The SMILES string of the molecule is CSc1cc(N)c2scc(C#N)c2c1. The van der Waals surface area contributed by atoms with Gasteiger partial charge in [-0.1, -0.05) is 0 Å². The fourth-order valence-electron chi connectivity index (χ4n) is 1.34. The van der Waals surface area contributed by atoms with Gasteiger partial charge in [-0.3, -0.25) is 0 Å². The summed E-state index contributed by atoms with van der Waals surface area (Å²) in [5, 5.41) is 11.7. The summed E-state index contributed by atoms with van der Waals surface area (Å²) < 4.78 is 1.01. The fourth-order valence-corrected chi connectivity index (χ4v) is 2.73. The number of hydrogen-bond donors (Lipinski definition) is 1. The van der Waals surface area contributed by atoms with E-state index in [9.17, 15) is 0 Å². The third kappa shape index (κ3) is 1.35. The van der Waals surface area contributed by atoms with E-state index in [1.165, 1.54) is 11.3 Å². The first-order valence-corrected chi connectivity index (χ1v) is 6.11. The van der Waals surface area contributed by atoms with Gasteiger partial charge in [0.2, 0.25) is 0 Å². The van der Waals surface area contributed by atoms with Gasteiger partial charge in [0, 0.05) is 15.7 Å². The van der Waals surface area contributed by atoms with E-state index in [-0.39, 0.29) is 0 Å². The van der Waals surface area contributed by atoms with E-state index < -0.39 is 0 Å². The molecule has 70 valence electrons. The lowest BCUT2D eigenvalue weighted by atomic mass is 10.2. The van der Waals surface area contributed by atoms with Gasteiger partial charge >= 0.3 is 0 Å². The van der Waals surface area contributed by atoms with Gasteiger partial charge in [-0.2, -0.15) is 5.26 Å². The largest absolute Gasteiger partial charge is 0.398 e. The molecule has 0 aliphatic rings. The van der Waals surface area contributed by atoms with Gasteiger partial charge in [0.1, 0.15) is 6.07 Å². The first-order valence-electron chi connectivity index (χ1n) is 4.01. The van der Waals surface area contributed by atoms with Crippen LogP contribution in [0.5, 0.6) is 0 Å². The molecular formula is C10H8N2S2. The van der Waals surface area contributed by atoms with Crippen molar-refractivity contribution in [2.24, 2.45) is 0 Å². The van der Waals surface area contributed by atoms with Gasteiger partial charge in [-0.25, -0.2) is 0 Å². The zero-order chi connectivity index (χ0) is 10.1. The summed E-state index contributed by atoms with van der Waals surface area (Å²) in [6, 6.07) is 6.14. The number of anilines is 1. The Morgan fingerprint density at radius 2 is 2.29 bits per heavy atom. The maximum Gasteiger partial charge on any atom is 0.101 e. The molecule has 0 radical (unpaired) electrons. The Morgan fingerprint density at radius 1 is 1.50 bits per heavy atom. The summed E-state index contributed by atoms with van der Waals surface area (Å²) in [6.07, 6.45) is 2.00. The lowest BCUT2D eigenvalue weighted by Crippen LogP contribution is -1.85. The second-order valence-electron chi connectivity index (χ2n) is 2.85. The van der Waals surface area contributed by atoms with Crippen molar-refractivity contribution in [2.45, 2.75) is 4.90 Å². The smallest absolute Gasteiger partial charge is 0.101 e. The topological polar surface area (TPSA) is 49.8 Å². The molecule has 0 saturated heterocycles. The minimum absolute atomic E-state index is 0.715. The molecule has 0 fully saturated rings. The Morgan fingerprint density at radius 3 is 2.93 bits per heavy atom. The number of thiophene rings is 1. The molecule has 0 amide bonds. The van der Waals surface area contributed by atoms with Crippen molar-refractivity contribution in [3.63, 3.8) is 0 Å². The van der Waals surface area contributed by atoms with Crippen LogP contribution in [0, 0.1) is 11.3 Å². The van der Waals surface area contributed by atoms with E-state index in [2.05, 4.69) is 6.07 Å². The quantitative estimate of drug-likeness (QED) is 0.593. The number of hydrogen-bond acceptors (Lipinski definition) is 4. The van der Waals surface area contributed by atoms with Gasteiger partial charge < -0.3 is 5.73 Å². The van der Waals surface area contributed by atoms with Gasteiger partial charge in [0.05, 0.1) is 16.0 Å². The second-order valence-corrected chi connectivity index (χ2v) is 4.61. The van der Waals surface area contributed by atoms with E-state index in [0.29, 0.717) is 5.56 Å². The number of rotatable bonds is 1. The Bertz CT molecular complexity index is 523. The molecule has 1 aromatic carbocycles. The van der Waals surface area contributed by atoms with Crippen LogP contribution >= 0.6 is 23.1 Å². The zero-order valence-corrected chi connectivity index (χ0v) is 9.21. The maximum absolute atomic E-state index is 8.89. The molecule has 2 N–H and O–H groups in total. The van der Waals surface area contributed by atoms with Gasteiger partial charge in [0.15, 0.2) is 0 Å². The van der Waals surface area contributed by atoms with Crippen LogP contribution in [0.4, 0.5) is 5.69 Å². The molecule has 0 unspecified atom stereocenters. The number of nitrogens with zero attached hydrogens (tertiary/aromatic N) is 1. The minimum atomic E-state index is 0.715. The first kappa shape index (κ1) is 9.38. The standard InChI is InChI=1S/C10H8N2S2/c1-13-7-2-8-6(4-11)5-14-10(8)9(12)3-7/h2-3,5H,12H2,1H3. The van der Waals surface area contributed by atoms with Crippen LogP contribution in [-0.2, 0) is 0 Å². The Labute approximate surface area is 90.3 Å². The van der Waals surface area contributed by atoms with Crippen molar-refractivity contribution in [1.29, 1.82) is 5.26 Å². The molecule has 1 heterocycles.